The second kappa shape index (κ2) is 8.63. The molecule has 0 saturated carbocycles. The van der Waals surface area contributed by atoms with Gasteiger partial charge in [0.1, 0.15) is 5.82 Å². The molecule has 1 aliphatic heterocycles. The Labute approximate surface area is 167 Å². The smallest absolute Gasteiger partial charge is 0.206 e. The van der Waals surface area contributed by atoms with Crippen molar-refractivity contribution in [1.29, 1.82) is 0 Å². The predicted octanol–water partition coefficient (Wildman–Crippen LogP) is 4.63. The van der Waals surface area contributed by atoms with E-state index < -0.39 is 0 Å². The third kappa shape index (κ3) is 4.46. The van der Waals surface area contributed by atoms with E-state index in [1.54, 1.807) is 12.1 Å². The van der Waals surface area contributed by atoms with Gasteiger partial charge in [-0.3, -0.25) is 4.99 Å². The van der Waals surface area contributed by atoms with E-state index in [0.29, 0.717) is 6.54 Å². The average Bonchev–Trinajstić information content (AvgIpc) is 3.36. The molecular weight excluding hydrogens is 373 g/mol. The first-order chi connectivity index (χ1) is 13.7. The number of ether oxygens (including phenoxy) is 1. The maximum absolute atomic E-state index is 13.3. The minimum atomic E-state index is -0.253. The zero-order chi connectivity index (χ0) is 19.3. The Morgan fingerprint density at radius 2 is 1.96 bits per heavy atom. The minimum Gasteiger partial charge on any atom is -0.376 e. The van der Waals surface area contributed by atoms with Crippen molar-refractivity contribution in [2.75, 3.05) is 13.2 Å². The molecule has 2 aromatic carbocycles. The Kier molecular flexibility index (Phi) is 5.78. The van der Waals surface area contributed by atoms with Crippen molar-refractivity contribution in [2.24, 2.45) is 10.1 Å². The third-order valence-electron chi connectivity index (χ3n) is 4.68. The van der Waals surface area contributed by atoms with E-state index in [1.807, 2.05) is 28.4 Å². The molecule has 4 nitrogen and oxygen atoms in total. The number of thiazole rings is 1. The molecule has 0 radical (unpaired) electrons. The van der Waals surface area contributed by atoms with Crippen LogP contribution >= 0.6 is 11.3 Å². The van der Waals surface area contributed by atoms with Crippen LogP contribution in [0.3, 0.4) is 0 Å². The Balaban J connectivity index is 1.70. The molecule has 3 aromatic rings. The summed E-state index contributed by atoms with van der Waals surface area (Å²) in [7, 11) is 0. The Bertz CT molecular complexity index is 1010. The summed E-state index contributed by atoms with van der Waals surface area (Å²) in [6.07, 6.45) is 4.15. The van der Waals surface area contributed by atoms with Gasteiger partial charge in [0, 0.05) is 17.6 Å². The molecular formula is C22H22FN3OS. The minimum absolute atomic E-state index is 0.186. The largest absolute Gasteiger partial charge is 0.376 e. The summed E-state index contributed by atoms with van der Waals surface area (Å²) in [4.78, 5) is 5.55. The third-order valence-corrected chi connectivity index (χ3v) is 5.53. The van der Waals surface area contributed by atoms with E-state index in [-0.39, 0.29) is 11.9 Å². The topological polar surface area (TPSA) is 38.9 Å². The van der Waals surface area contributed by atoms with Gasteiger partial charge >= 0.3 is 0 Å². The van der Waals surface area contributed by atoms with Crippen LogP contribution in [0.5, 0.6) is 0 Å². The quantitative estimate of drug-likeness (QED) is 0.581. The normalized spacial score (nSPS) is 17.6. The first-order valence-corrected chi connectivity index (χ1v) is 10.3. The van der Waals surface area contributed by atoms with Gasteiger partial charge in [-0.25, -0.2) is 9.07 Å². The molecule has 4 rings (SSSR count). The van der Waals surface area contributed by atoms with Crippen molar-refractivity contribution in [2.45, 2.75) is 25.9 Å². The van der Waals surface area contributed by atoms with E-state index in [9.17, 15) is 4.39 Å². The van der Waals surface area contributed by atoms with Crippen LogP contribution in [0.2, 0.25) is 0 Å². The number of nitrogens with zero attached hydrogens (tertiary/aromatic N) is 3. The fraction of sp³-hybridized carbons (Fsp3) is 0.273. The average molecular weight is 396 g/mol. The lowest BCUT2D eigenvalue weighted by atomic mass is 10.2. The second-order valence-corrected chi connectivity index (χ2v) is 7.69. The lowest BCUT2D eigenvalue weighted by molar-refractivity contribution is 0.117. The van der Waals surface area contributed by atoms with Gasteiger partial charge in [0.05, 0.1) is 24.6 Å². The molecule has 144 valence electrons. The standard InChI is InChI=1S/C22H22FN3OS/c1-16-4-6-17(7-5-16)13-25-26-21(18-8-10-19(23)11-9-18)15-28-22(26)24-14-20-3-2-12-27-20/h4-11,13,15,20H,2-3,12,14H2,1H3/b24-22?,25-13-/t20-/m0/s1. The molecule has 6 heteroatoms. The summed E-state index contributed by atoms with van der Waals surface area (Å²) in [5.41, 5.74) is 4.01. The zero-order valence-electron chi connectivity index (χ0n) is 15.7. The molecule has 2 heterocycles. The van der Waals surface area contributed by atoms with Gasteiger partial charge in [0.25, 0.3) is 0 Å². The summed E-state index contributed by atoms with van der Waals surface area (Å²) in [6, 6.07) is 14.6. The van der Waals surface area contributed by atoms with E-state index in [2.05, 4.69) is 24.2 Å². The summed E-state index contributed by atoms with van der Waals surface area (Å²) in [5, 5.41) is 6.69. The molecule has 1 aromatic heterocycles. The van der Waals surface area contributed by atoms with Crippen molar-refractivity contribution >= 4 is 17.6 Å². The van der Waals surface area contributed by atoms with Crippen molar-refractivity contribution in [3.63, 3.8) is 0 Å². The number of hydrogen-bond acceptors (Lipinski definition) is 4. The number of hydrogen-bond donors (Lipinski definition) is 0. The van der Waals surface area contributed by atoms with E-state index in [1.165, 1.54) is 29.0 Å². The summed E-state index contributed by atoms with van der Waals surface area (Å²) < 4.78 is 20.8. The molecule has 0 spiro atoms. The van der Waals surface area contributed by atoms with Gasteiger partial charge in [0.2, 0.25) is 4.80 Å². The summed E-state index contributed by atoms with van der Waals surface area (Å²) in [5.74, 6) is -0.253. The van der Waals surface area contributed by atoms with Crippen LogP contribution in [-0.4, -0.2) is 30.1 Å². The van der Waals surface area contributed by atoms with Crippen molar-refractivity contribution in [1.82, 2.24) is 4.68 Å². The highest BCUT2D eigenvalue weighted by Gasteiger charge is 2.15. The molecule has 0 bridgehead atoms. The summed E-state index contributed by atoms with van der Waals surface area (Å²) >= 11 is 1.53. The maximum Gasteiger partial charge on any atom is 0.206 e. The predicted molar refractivity (Wildman–Crippen MR) is 111 cm³/mol. The lowest BCUT2D eigenvalue weighted by Crippen LogP contribution is -2.17. The Morgan fingerprint density at radius 3 is 2.68 bits per heavy atom. The highest BCUT2D eigenvalue weighted by Crippen LogP contribution is 2.21. The fourth-order valence-corrected chi connectivity index (χ4v) is 3.93. The fourth-order valence-electron chi connectivity index (χ4n) is 3.08. The van der Waals surface area contributed by atoms with Gasteiger partial charge in [-0.15, -0.1) is 11.3 Å². The number of aromatic nitrogens is 1. The van der Waals surface area contributed by atoms with E-state index in [0.717, 1.165) is 41.1 Å². The molecule has 1 aliphatic rings. The van der Waals surface area contributed by atoms with Crippen molar-refractivity contribution < 1.29 is 9.13 Å². The molecule has 28 heavy (non-hydrogen) atoms. The van der Waals surface area contributed by atoms with Crippen molar-refractivity contribution in [3.8, 4) is 11.3 Å². The monoisotopic (exact) mass is 395 g/mol. The van der Waals surface area contributed by atoms with Gasteiger partial charge in [-0.1, -0.05) is 29.8 Å². The van der Waals surface area contributed by atoms with Gasteiger partial charge < -0.3 is 4.74 Å². The molecule has 1 fully saturated rings. The van der Waals surface area contributed by atoms with Crippen LogP contribution in [-0.2, 0) is 4.74 Å². The van der Waals surface area contributed by atoms with Gasteiger partial charge in [-0.05, 0) is 49.6 Å². The number of aryl methyl sites for hydroxylation is 1. The molecule has 0 N–H and O–H groups in total. The maximum atomic E-state index is 13.3. The number of rotatable bonds is 5. The first kappa shape index (κ1) is 18.8. The zero-order valence-corrected chi connectivity index (χ0v) is 16.5. The molecule has 1 atom stereocenters. The molecule has 0 unspecified atom stereocenters. The van der Waals surface area contributed by atoms with E-state index in [4.69, 9.17) is 9.73 Å². The van der Waals surface area contributed by atoms with Crippen LogP contribution in [0, 0.1) is 12.7 Å². The van der Waals surface area contributed by atoms with Crippen molar-refractivity contribution in [3.05, 3.63) is 75.7 Å². The van der Waals surface area contributed by atoms with Crippen LogP contribution in [0.15, 0.2) is 64.0 Å². The Morgan fingerprint density at radius 1 is 1.18 bits per heavy atom. The van der Waals surface area contributed by atoms with Gasteiger partial charge in [-0.2, -0.15) is 5.10 Å². The van der Waals surface area contributed by atoms with Crippen LogP contribution < -0.4 is 4.80 Å². The Hall–Kier alpha value is -2.57. The number of halogens is 1. The molecule has 0 amide bonds. The van der Waals surface area contributed by atoms with Gasteiger partial charge in [0.15, 0.2) is 0 Å². The highest BCUT2D eigenvalue weighted by atomic mass is 32.1. The molecule has 0 aliphatic carbocycles. The van der Waals surface area contributed by atoms with E-state index >= 15 is 0 Å². The second-order valence-electron chi connectivity index (χ2n) is 6.85. The van der Waals surface area contributed by atoms with Crippen LogP contribution in [0.4, 0.5) is 4.39 Å². The summed E-state index contributed by atoms with van der Waals surface area (Å²) in [6.45, 7) is 3.50. The number of benzene rings is 2. The first-order valence-electron chi connectivity index (χ1n) is 9.39. The van der Waals surface area contributed by atoms with Crippen LogP contribution in [0.1, 0.15) is 24.0 Å². The SMILES string of the molecule is Cc1ccc(/C=N\n2c(-c3ccc(F)cc3)csc2=NC[C@@H]2CCCO2)cc1. The lowest BCUT2D eigenvalue weighted by Gasteiger charge is -2.06. The molecule has 1 saturated heterocycles. The van der Waals surface area contributed by atoms with Crippen LogP contribution in [0.25, 0.3) is 11.3 Å². The highest BCUT2D eigenvalue weighted by molar-refractivity contribution is 7.07.